The van der Waals surface area contributed by atoms with E-state index in [1.807, 2.05) is 31.2 Å². The van der Waals surface area contributed by atoms with Gasteiger partial charge in [0, 0.05) is 23.1 Å². The van der Waals surface area contributed by atoms with E-state index in [1.165, 1.54) is 6.08 Å². The van der Waals surface area contributed by atoms with Crippen LogP contribution in [0.15, 0.2) is 78.9 Å². The van der Waals surface area contributed by atoms with Gasteiger partial charge < -0.3 is 25.4 Å². The summed E-state index contributed by atoms with van der Waals surface area (Å²) in [4.78, 5) is 24.3. The van der Waals surface area contributed by atoms with E-state index in [0.717, 1.165) is 5.56 Å². The molecule has 3 aromatic rings. The van der Waals surface area contributed by atoms with E-state index < -0.39 is 0 Å². The summed E-state index contributed by atoms with van der Waals surface area (Å²) in [6, 6.07) is 21.1. The molecule has 0 bridgehead atoms. The molecule has 0 atom stereocenters. The number of anilines is 3. The molecule has 0 radical (unpaired) electrons. The number of methoxy groups -OCH3 is 1. The first-order valence-electron chi connectivity index (χ1n) is 10.1. The van der Waals surface area contributed by atoms with Gasteiger partial charge in [0.2, 0.25) is 5.91 Å². The molecule has 7 heteroatoms. The summed E-state index contributed by atoms with van der Waals surface area (Å²) in [6.45, 7) is 2.44. The number of para-hydroxylation sites is 1. The van der Waals surface area contributed by atoms with Gasteiger partial charge in [0.1, 0.15) is 0 Å². The lowest BCUT2D eigenvalue weighted by atomic mass is 10.2. The van der Waals surface area contributed by atoms with Crippen LogP contribution in [0.4, 0.5) is 21.9 Å². The zero-order valence-corrected chi connectivity index (χ0v) is 17.9. The predicted molar refractivity (Wildman–Crippen MR) is 127 cm³/mol. The first kappa shape index (κ1) is 22.4. The largest absolute Gasteiger partial charge is 0.493 e. The monoisotopic (exact) mass is 431 g/mol. The van der Waals surface area contributed by atoms with E-state index in [0.29, 0.717) is 35.2 Å². The molecule has 0 heterocycles. The highest BCUT2D eigenvalue weighted by atomic mass is 16.5. The Balaban J connectivity index is 1.53. The van der Waals surface area contributed by atoms with Crippen molar-refractivity contribution in [2.75, 3.05) is 29.7 Å². The van der Waals surface area contributed by atoms with Crippen LogP contribution in [0, 0.1) is 0 Å². The third kappa shape index (κ3) is 6.63. The van der Waals surface area contributed by atoms with Crippen LogP contribution in [0.5, 0.6) is 11.5 Å². The van der Waals surface area contributed by atoms with Crippen LogP contribution in [-0.4, -0.2) is 25.7 Å². The van der Waals surface area contributed by atoms with Crippen LogP contribution < -0.4 is 25.4 Å². The Morgan fingerprint density at radius 3 is 2.06 bits per heavy atom. The molecule has 32 heavy (non-hydrogen) atoms. The minimum atomic E-state index is -0.346. The number of nitrogens with one attached hydrogen (secondary N) is 3. The van der Waals surface area contributed by atoms with Crippen LogP contribution in [0.3, 0.4) is 0 Å². The molecule has 3 N–H and O–H groups in total. The van der Waals surface area contributed by atoms with Gasteiger partial charge in [-0.1, -0.05) is 24.3 Å². The fraction of sp³-hybridized carbons (Fsp3) is 0.120. The number of hydrogen-bond donors (Lipinski definition) is 3. The van der Waals surface area contributed by atoms with Gasteiger partial charge in [-0.25, -0.2) is 4.79 Å². The van der Waals surface area contributed by atoms with Crippen molar-refractivity contribution in [3.63, 3.8) is 0 Å². The van der Waals surface area contributed by atoms with E-state index in [2.05, 4.69) is 16.0 Å². The van der Waals surface area contributed by atoms with Crippen molar-refractivity contribution in [1.82, 2.24) is 0 Å². The molecule has 0 aliphatic carbocycles. The highest BCUT2D eigenvalue weighted by Crippen LogP contribution is 2.28. The number of hydrogen-bond acceptors (Lipinski definition) is 4. The van der Waals surface area contributed by atoms with Gasteiger partial charge in [-0.2, -0.15) is 0 Å². The highest BCUT2D eigenvalue weighted by molar-refractivity contribution is 6.02. The number of carbonyl (C=O) groups excluding carboxylic acids is 2. The first-order valence-corrected chi connectivity index (χ1v) is 10.1. The van der Waals surface area contributed by atoms with E-state index >= 15 is 0 Å². The summed E-state index contributed by atoms with van der Waals surface area (Å²) in [5.41, 5.74) is 2.72. The molecule has 0 spiro atoms. The average molecular weight is 431 g/mol. The van der Waals surface area contributed by atoms with Gasteiger partial charge in [0.25, 0.3) is 0 Å². The molecule has 0 unspecified atom stereocenters. The van der Waals surface area contributed by atoms with Gasteiger partial charge >= 0.3 is 6.03 Å². The number of benzene rings is 3. The lowest BCUT2D eigenvalue weighted by Crippen LogP contribution is -2.19. The summed E-state index contributed by atoms with van der Waals surface area (Å²) in [6.07, 6.45) is 3.13. The van der Waals surface area contributed by atoms with Crippen LogP contribution in [0.1, 0.15) is 12.5 Å². The molecule has 7 nitrogen and oxygen atoms in total. The molecule has 0 saturated carbocycles. The molecule has 0 aliphatic heterocycles. The molecule has 3 amide bonds. The Hall–Kier alpha value is -4.26. The van der Waals surface area contributed by atoms with Gasteiger partial charge in [-0.15, -0.1) is 0 Å². The molecule has 0 fully saturated rings. The zero-order chi connectivity index (χ0) is 22.8. The van der Waals surface area contributed by atoms with Gasteiger partial charge in [0.05, 0.1) is 13.7 Å². The number of ether oxygens (including phenoxy) is 2. The fourth-order valence-electron chi connectivity index (χ4n) is 2.87. The molecule has 0 aliphatic rings. The Kier molecular flexibility index (Phi) is 7.86. The smallest absolute Gasteiger partial charge is 0.323 e. The van der Waals surface area contributed by atoms with Gasteiger partial charge in [-0.3, -0.25) is 4.79 Å². The van der Waals surface area contributed by atoms with Crippen molar-refractivity contribution in [3.05, 3.63) is 84.4 Å². The maximum Gasteiger partial charge on any atom is 0.323 e. The average Bonchev–Trinajstić information content (AvgIpc) is 2.80. The standard InChI is InChI=1S/C25H25N3O4/c1-3-32-22-15-9-18(17-23(22)31-2)10-16-24(29)26-20-11-13-21(14-12-20)28-25(30)27-19-7-5-4-6-8-19/h4-17H,3H2,1-2H3,(H,26,29)(H2,27,28,30)/b16-10+. The van der Waals surface area contributed by atoms with Crippen LogP contribution >= 0.6 is 0 Å². The number of urea groups is 1. The fourth-order valence-corrected chi connectivity index (χ4v) is 2.87. The van der Waals surface area contributed by atoms with Crippen molar-refractivity contribution in [1.29, 1.82) is 0 Å². The lowest BCUT2D eigenvalue weighted by molar-refractivity contribution is -0.111. The molecular formula is C25H25N3O4. The molecule has 0 saturated heterocycles. The third-order valence-electron chi connectivity index (χ3n) is 4.36. The minimum absolute atomic E-state index is 0.277. The van der Waals surface area contributed by atoms with Crippen LogP contribution in [-0.2, 0) is 4.79 Å². The van der Waals surface area contributed by atoms with Crippen molar-refractivity contribution < 1.29 is 19.1 Å². The number of rotatable bonds is 8. The number of amides is 3. The molecular weight excluding hydrogens is 406 g/mol. The topological polar surface area (TPSA) is 88.7 Å². The quantitative estimate of drug-likeness (QED) is 0.417. The maximum absolute atomic E-state index is 12.2. The summed E-state index contributed by atoms with van der Waals surface area (Å²) >= 11 is 0. The molecule has 3 rings (SSSR count). The molecule has 164 valence electrons. The maximum atomic E-state index is 12.2. The van der Waals surface area contributed by atoms with Gasteiger partial charge in [-0.05, 0) is 67.1 Å². The Morgan fingerprint density at radius 2 is 1.44 bits per heavy atom. The Labute approximate surface area is 187 Å². The molecule has 3 aromatic carbocycles. The van der Waals surface area contributed by atoms with Crippen molar-refractivity contribution in [2.24, 2.45) is 0 Å². The zero-order valence-electron chi connectivity index (χ0n) is 17.9. The van der Waals surface area contributed by atoms with Crippen molar-refractivity contribution in [2.45, 2.75) is 6.92 Å². The third-order valence-corrected chi connectivity index (χ3v) is 4.36. The summed E-state index contributed by atoms with van der Waals surface area (Å²) < 4.78 is 10.8. The second-order valence-corrected chi connectivity index (χ2v) is 6.69. The van der Waals surface area contributed by atoms with Crippen molar-refractivity contribution >= 4 is 35.1 Å². The Bertz CT molecular complexity index is 1080. The summed E-state index contributed by atoms with van der Waals surface area (Å²) in [7, 11) is 1.57. The lowest BCUT2D eigenvalue weighted by Gasteiger charge is -2.09. The minimum Gasteiger partial charge on any atom is -0.493 e. The van der Waals surface area contributed by atoms with Gasteiger partial charge in [0.15, 0.2) is 11.5 Å². The van der Waals surface area contributed by atoms with Crippen LogP contribution in [0.2, 0.25) is 0 Å². The normalized spacial score (nSPS) is 10.4. The SMILES string of the molecule is CCOc1ccc(/C=C/C(=O)Nc2ccc(NC(=O)Nc3ccccc3)cc2)cc1OC. The van der Waals surface area contributed by atoms with E-state index in [-0.39, 0.29) is 11.9 Å². The highest BCUT2D eigenvalue weighted by Gasteiger charge is 2.05. The van der Waals surface area contributed by atoms with E-state index in [9.17, 15) is 9.59 Å². The first-order chi connectivity index (χ1) is 15.6. The van der Waals surface area contributed by atoms with Crippen molar-refractivity contribution in [3.8, 4) is 11.5 Å². The predicted octanol–water partition coefficient (Wildman–Crippen LogP) is 5.39. The summed E-state index contributed by atoms with van der Waals surface area (Å²) in [5, 5.41) is 8.27. The molecule has 0 aromatic heterocycles. The van der Waals surface area contributed by atoms with E-state index in [1.54, 1.807) is 61.7 Å². The Morgan fingerprint density at radius 1 is 0.812 bits per heavy atom. The van der Waals surface area contributed by atoms with E-state index in [4.69, 9.17) is 9.47 Å². The second-order valence-electron chi connectivity index (χ2n) is 6.69. The second kappa shape index (κ2) is 11.2. The number of carbonyl (C=O) groups is 2. The van der Waals surface area contributed by atoms with Crippen LogP contribution in [0.25, 0.3) is 6.08 Å². The summed E-state index contributed by atoms with van der Waals surface area (Å²) in [5.74, 6) is 0.983.